The monoisotopic (exact) mass is 227 g/mol. The van der Waals surface area contributed by atoms with Crippen LogP contribution in [0.3, 0.4) is 0 Å². The molecule has 0 amide bonds. The number of nitrogens with one attached hydrogen (secondary N) is 1. The van der Waals surface area contributed by atoms with Crippen LogP contribution in [-0.4, -0.2) is 12.2 Å². The summed E-state index contributed by atoms with van der Waals surface area (Å²) in [5.74, 6) is 0.115. The van der Waals surface area contributed by atoms with Gasteiger partial charge in [-0.25, -0.2) is 4.79 Å². The summed E-state index contributed by atoms with van der Waals surface area (Å²) in [6.45, 7) is 0.345. The third kappa shape index (κ3) is 2.01. The highest BCUT2D eigenvalue weighted by atomic mass is 32.1. The van der Waals surface area contributed by atoms with E-state index in [1.165, 1.54) is 13.2 Å². The Hall–Kier alpha value is -1.37. The van der Waals surface area contributed by atoms with Crippen LogP contribution < -0.4 is 10.4 Å². The number of rotatable bonds is 3. The molecule has 15 heavy (non-hydrogen) atoms. The van der Waals surface area contributed by atoms with Gasteiger partial charge in [0.2, 0.25) is 0 Å². The third-order valence-corrected chi connectivity index (χ3v) is 2.73. The van der Waals surface area contributed by atoms with Crippen molar-refractivity contribution in [2.75, 3.05) is 7.11 Å². The molecule has 0 bridgehead atoms. The van der Waals surface area contributed by atoms with E-state index in [0.29, 0.717) is 22.4 Å². The summed E-state index contributed by atoms with van der Waals surface area (Å²) in [5.41, 5.74) is 3.70. The lowest BCUT2D eigenvalue weighted by atomic mass is 10.2. The highest BCUT2D eigenvalue weighted by molar-refractivity contribution is 7.16. The first-order chi connectivity index (χ1) is 7.20. The van der Waals surface area contributed by atoms with Crippen LogP contribution in [0.4, 0.5) is 0 Å². The van der Waals surface area contributed by atoms with E-state index in [-0.39, 0.29) is 10.7 Å². The summed E-state index contributed by atoms with van der Waals surface area (Å²) >= 11 is 0.965. The summed E-state index contributed by atoms with van der Waals surface area (Å²) < 4.78 is 5.56. The van der Waals surface area contributed by atoms with E-state index in [4.69, 9.17) is 4.42 Å². The molecule has 0 aliphatic rings. The Kier molecular flexibility index (Phi) is 2.72. The van der Waals surface area contributed by atoms with Gasteiger partial charge >= 0.3 is 4.94 Å². The molecule has 2 N–H and O–H groups in total. The maximum Gasteiger partial charge on any atom is 0.396 e. The van der Waals surface area contributed by atoms with Crippen molar-refractivity contribution in [1.82, 2.24) is 5.48 Å². The molecule has 0 aliphatic carbocycles. The van der Waals surface area contributed by atoms with Crippen molar-refractivity contribution in [1.29, 1.82) is 0 Å². The molecule has 1 aromatic carbocycles. The van der Waals surface area contributed by atoms with Crippen molar-refractivity contribution in [3.63, 3.8) is 0 Å². The Morgan fingerprint density at radius 1 is 1.60 bits per heavy atom. The zero-order valence-electron chi connectivity index (χ0n) is 7.94. The summed E-state index contributed by atoms with van der Waals surface area (Å²) in [5, 5.41) is 9.61. The smallest absolute Gasteiger partial charge is 0.396 e. The lowest BCUT2D eigenvalue weighted by Crippen LogP contribution is -2.10. The average Bonchev–Trinajstić information content (AvgIpc) is 2.53. The second-order valence-corrected chi connectivity index (χ2v) is 3.88. The first kappa shape index (κ1) is 10.2. The summed E-state index contributed by atoms with van der Waals surface area (Å²) in [6, 6.07) is 3.13. The minimum Gasteiger partial charge on any atom is -0.508 e. The molecule has 0 atom stereocenters. The molecular formula is C9H9NO4S. The SMILES string of the molecule is CONCc1cc2oc(=O)sc2cc1O. The van der Waals surface area contributed by atoms with Crippen molar-refractivity contribution in [3.05, 3.63) is 27.4 Å². The summed E-state index contributed by atoms with van der Waals surface area (Å²) in [7, 11) is 1.49. The van der Waals surface area contributed by atoms with E-state index >= 15 is 0 Å². The van der Waals surface area contributed by atoms with E-state index in [1.54, 1.807) is 6.07 Å². The maximum absolute atomic E-state index is 11.0. The van der Waals surface area contributed by atoms with Gasteiger partial charge in [0.05, 0.1) is 11.8 Å². The Balaban J connectivity index is 2.46. The molecule has 1 aromatic heterocycles. The molecule has 6 heteroatoms. The van der Waals surface area contributed by atoms with Crippen LogP contribution in [0.25, 0.3) is 10.3 Å². The second-order valence-electron chi connectivity index (χ2n) is 2.91. The number of fused-ring (bicyclic) bond motifs is 1. The van der Waals surface area contributed by atoms with Crippen LogP contribution in [0.5, 0.6) is 5.75 Å². The van der Waals surface area contributed by atoms with Gasteiger partial charge in [-0.3, -0.25) is 0 Å². The van der Waals surface area contributed by atoms with Crippen LogP contribution in [0, 0.1) is 0 Å². The highest BCUT2D eigenvalue weighted by Crippen LogP contribution is 2.26. The zero-order valence-corrected chi connectivity index (χ0v) is 8.76. The molecule has 0 fully saturated rings. The second kappa shape index (κ2) is 4.01. The lowest BCUT2D eigenvalue weighted by Gasteiger charge is -2.04. The van der Waals surface area contributed by atoms with Gasteiger partial charge in [0.25, 0.3) is 0 Å². The average molecular weight is 227 g/mol. The Bertz CT molecular complexity index is 530. The number of hydrogen-bond donors (Lipinski definition) is 2. The van der Waals surface area contributed by atoms with Gasteiger partial charge < -0.3 is 14.4 Å². The number of phenols is 1. The van der Waals surface area contributed by atoms with Gasteiger partial charge in [-0.1, -0.05) is 11.3 Å². The van der Waals surface area contributed by atoms with Crippen molar-refractivity contribution in [2.24, 2.45) is 0 Å². The molecule has 2 rings (SSSR count). The number of hydrogen-bond acceptors (Lipinski definition) is 6. The molecule has 0 saturated carbocycles. The molecule has 0 spiro atoms. The van der Waals surface area contributed by atoms with Crippen LogP contribution in [0.1, 0.15) is 5.56 Å². The summed E-state index contributed by atoms with van der Waals surface area (Å²) in [4.78, 5) is 15.2. The van der Waals surface area contributed by atoms with E-state index in [1.807, 2.05) is 0 Å². The number of benzene rings is 1. The molecule has 0 radical (unpaired) electrons. The molecule has 1 heterocycles. The molecule has 80 valence electrons. The third-order valence-electron chi connectivity index (χ3n) is 1.94. The quantitative estimate of drug-likeness (QED) is 0.771. The molecule has 0 saturated heterocycles. The normalized spacial score (nSPS) is 11.0. The maximum atomic E-state index is 11.0. The standard InChI is InChI=1S/C9H9NO4S/c1-13-10-4-5-2-7-8(3-6(5)11)15-9(12)14-7/h2-3,10-11H,4H2,1H3. The van der Waals surface area contributed by atoms with Crippen molar-refractivity contribution in [2.45, 2.75) is 6.54 Å². The van der Waals surface area contributed by atoms with Gasteiger partial charge in [0.1, 0.15) is 11.3 Å². The van der Waals surface area contributed by atoms with Crippen molar-refractivity contribution < 1.29 is 14.4 Å². The lowest BCUT2D eigenvalue weighted by molar-refractivity contribution is 0.0862. The molecule has 2 aromatic rings. The largest absolute Gasteiger partial charge is 0.508 e. The van der Waals surface area contributed by atoms with Crippen LogP contribution in [0.2, 0.25) is 0 Å². The Morgan fingerprint density at radius 3 is 3.13 bits per heavy atom. The van der Waals surface area contributed by atoms with Gasteiger partial charge in [-0.2, -0.15) is 5.48 Å². The Morgan fingerprint density at radius 2 is 2.40 bits per heavy atom. The van der Waals surface area contributed by atoms with Gasteiger partial charge in [0, 0.05) is 18.2 Å². The molecule has 0 aliphatic heterocycles. The fourth-order valence-electron chi connectivity index (χ4n) is 1.24. The fraction of sp³-hybridized carbons (Fsp3) is 0.222. The first-order valence-electron chi connectivity index (χ1n) is 4.22. The van der Waals surface area contributed by atoms with Crippen LogP contribution in [-0.2, 0) is 11.4 Å². The first-order valence-corrected chi connectivity index (χ1v) is 5.03. The van der Waals surface area contributed by atoms with E-state index in [0.717, 1.165) is 11.3 Å². The predicted octanol–water partition coefficient (Wildman–Crippen LogP) is 1.21. The van der Waals surface area contributed by atoms with Gasteiger partial charge in [0.15, 0.2) is 0 Å². The Labute approximate surface area is 88.9 Å². The number of hydroxylamine groups is 1. The van der Waals surface area contributed by atoms with Gasteiger partial charge in [-0.05, 0) is 6.07 Å². The number of aromatic hydroxyl groups is 1. The van der Waals surface area contributed by atoms with Crippen LogP contribution >= 0.6 is 11.3 Å². The van der Waals surface area contributed by atoms with Crippen molar-refractivity contribution in [3.8, 4) is 5.75 Å². The minimum absolute atomic E-state index is 0.115. The minimum atomic E-state index is -0.374. The number of phenolic OH excluding ortho intramolecular Hbond substituents is 1. The molecular weight excluding hydrogens is 218 g/mol. The van der Waals surface area contributed by atoms with Gasteiger partial charge in [-0.15, -0.1) is 0 Å². The zero-order chi connectivity index (χ0) is 10.8. The van der Waals surface area contributed by atoms with Crippen LogP contribution in [0.15, 0.2) is 21.3 Å². The van der Waals surface area contributed by atoms with E-state index in [9.17, 15) is 9.90 Å². The fourth-order valence-corrected chi connectivity index (χ4v) is 1.93. The van der Waals surface area contributed by atoms with E-state index in [2.05, 4.69) is 10.3 Å². The highest BCUT2D eigenvalue weighted by Gasteiger charge is 2.08. The molecule has 5 nitrogen and oxygen atoms in total. The summed E-state index contributed by atoms with van der Waals surface area (Å²) in [6.07, 6.45) is 0. The van der Waals surface area contributed by atoms with E-state index < -0.39 is 0 Å². The van der Waals surface area contributed by atoms with Crippen molar-refractivity contribution >= 4 is 21.6 Å². The predicted molar refractivity (Wildman–Crippen MR) is 55.9 cm³/mol. The molecule has 0 unspecified atom stereocenters. The topological polar surface area (TPSA) is 71.7 Å².